The summed E-state index contributed by atoms with van der Waals surface area (Å²) in [5.41, 5.74) is -1.37. The second-order valence-electron chi connectivity index (χ2n) is 4.41. The number of carboxylic acid groups (broad SMARTS) is 1. The summed E-state index contributed by atoms with van der Waals surface area (Å²) in [6, 6.07) is 2.96. The second-order valence-corrected chi connectivity index (χ2v) is 4.41. The molecule has 1 atom stereocenters. The molecular weight excluding hydrogens is 214 g/mol. The minimum atomic E-state index is -1.31. The maximum absolute atomic E-state index is 13.6. The summed E-state index contributed by atoms with van der Waals surface area (Å²) in [7, 11) is 0. The van der Waals surface area contributed by atoms with Crippen LogP contribution >= 0.6 is 0 Å². The van der Waals surface area contributed by atoms with Gasteiger partial charge in [0.15, 0.2) is 0 Å². The van der Waals surface area contributed by atoms with Gasteiger partial charge in [0, 0.05) is 5.56 Å². The van der Waals surface area contributed by atoms with E-state index in [0.29, 0.717) is 0 Å². The molecule has 0 heterocycles. The van der Waals surface area contributed by atoms with E-state index in [2.05, 4.69) is 0 Å². The molecule has 0 aromatic heterocycles. The average Bonchev–Trinajstić information content (AvgIpc) is 3.04. The lowest BCUT2D eigenvalue weighted by Gasteiger charge is -2.25. The van der Waals surface area contributed by atoms with E-state index in [0.717, 1.165) is 31.0 Å². The van der Waals surface area contributed by atoms with Gasteiger partial charge in [-0.2, -0.15) is 0 Å². The summed E-state index contributed by atoms with van der Waals surface area (Å²) in [5.74, 6) is -2.46. The molecule has 0 aliphatic heterocycles. The average molecular weight is 226 g/mol. The summed E-state index contributed by atoms with van der Waals surface area (Å²) < 4.78 is 26.6. The first-order valence-corrected chi connectivity index (χ1v) is 5.15. The van der Waals surface area contributed by atoms with Crippen molar-refractivity contribution in [3.8, 4) is 0 Å². The molecule has 1 fully saturated rings. The highest BCUT2D eigenvalue weighted by molar-refractivity contribution is 5.82. The van der Waals surface area contributed by atoms with Crippen molar-refractivity contribution in [1.29, 1.82) is 0 Å². The van der Waals surface area contributed by atoms with E-state index in [1.54, 1.807) is 0 Å². The summed E-state index contributed by atoms with van der Waals surface area (Å²) in [4.78, 5) is 11.3. The maximum atomic E-state index is 13.6. The molecule has 1 saturated carbocycles. The van der Waals surface area contributed by atoms with E-state index in [1.807, 2.05) is 0 Å². The van der Waals surface area contributed by atoms with Crippen LogP contribution in [-0.4, -0.2) is 11.1 Å². The van der Waals surface area contributed by atoms with Crippen molar-refractivity contribution in [3.05, 3.63) is 35.4 Å². The lowest BCUT2D eigenvalue weighted by Crippen LogP contribution is -2.35. The van der Waals surface area contributed by atoms with Crippen molar-refractivity contribution in [3.63, 3.8) is 0 Å². The fourth-order valence-corrected chi connectivity index (χ4v) is 2.07. The van der Waals surface area contributed by atoms with Gasteiger partial charge in [-0.15, -0.1) is 0 Å². The topological polar surface area (TPSA) is 37.3 Å². The van der Waals surface area contributed by atoms with E-state index < -0.39 is 23.0 Å². The third-order valence-corrected chi connectivity index (χ3v) is 3.33. The zero-order valence-electron chi connectivity index (χ0n) is 8.84. The lowest BCUT2D eigenvalue weighted by atomic mass is 9.77. The Bertz CT molecular complexity index is 441. The van der Waals surface area contributed by atoms with Gasteiger partial charge in [0.05, 0.1) is 5.41 Å². The Morgan fingerprint density at radius 1 is 1.44 bits per heavy atom. The predicted molar refractivity (Wildman–Crippen MR) is 54.1 cm³/mol. The van der Waals surface area contributed by atoms with Gasteiger partial charge >= 0.3 is 5.97 Å². The molecule has 16 heavy (non-hydrogen) atoms. The Balaban J connectivity index is 2.54. The molecular formula is C12H12F2O2. The van der Waals surface area contributed by atoms with Gasteiger partial charge in [-0.25, -0.2) is 8.78 Å². The minimum absolute atomic E-state index is 0.0532. The van der Waals surface area contributed by atoms with Crippen LogP contribution in [0.5, 0.6) is 0 Å². The SMILES string of the molecule is CC(C(=O)O)(c1cc(F)ccc1F)C1CC1. The third-order valence-electron chi connectivity index (χ3n) is 3.33. The second kappa shape index (κ2) is 3.54. The summed E-state index contributed by atoms with van der Waals surface area (Å²) >= 11 is 0. The van der Waals surface area contributed by atoms with Crippen LogP contribution in [0.15, 0.2) is 18.2 Å². The first-order chi connectivity index (χ1) is 7.46. The molecule has 0 amide bonds. The Labute approximate surface area is 91.9 Å². The lowest BCUT2D eigenvalue weighted by molar-refractivity contribution is -0.144. The quantitative estimate of drug-likeness (QED) is 0.860. The van der Waals surface area contributed by atoms with Crippen LogP contribution in [0.1, 0.15) is 25.3 Å². The fourth-order valence-electron chi connectivity index (χ4n) is 2.07. The van der Waals surface area contributed by atoms with Gasteiger partial charge in [-0.3, -0.25) is 4.79 Å². The van der Waals surface area contributed by atoms with Crippen LogP contribution in [0.3, 0.4) is 0 Å². The Kier molecular flexibility index (Phi) is 2.45. The molecule has 0 saturated heterocycles. The molecule has 1 aliphatic rings. The minimum Gasteiger partial charge on any atom is -0.481 e. The van der Waals surface area contributed by atoms with Crippen molar-refractivity contribution < 1.29 is 18.7 Å². The number of benzene rings is 1. The van der Waals surface area contributed by atoms with Crippen LogP contribution in [-0.2, 0) is 10.2 Å². The van der Waals surface area contributed by atoms with Gasteiger partial charge in [0.25, 0.3) is 0 Å². The van der Waals surface area contributed by atoms with Gasteiger partial charge in [0.1, 0.15) is 11.6 Å². The molecule has 1 unspecified atom stereocenters. The van der Waals surface area contributed by atoms with Crippen molar-refractivity contribution in [1.82, 2.24) is 0 Å². The normalized spacial score (nSPS) is 19.2. The monoisotopic (exact) mass is 226 g/mol. The van der Waals surface area contributed by atoms with E-state index in [-0.39, 0.29) is 11.5 Å². The summed E-state index contributed by atoms with van der Waals surface area (Å²) in [6.45, 7) is 1.46. The fraction of sp³-hybridized carbons (Fsp3) is 0.417. The van der Waals surface area contributed by atoms with Crippen molar-refractivity contribution in [2.75, 3.05) is 0 Å². The standard InChI is InChI=1S/C12H12F2O2/c1-12(11(15)16,7-2-3-7)9-6-8(13)4-5-10(9)14/h4-7H,2-3H2,1H3,(H,15,16). The zero-order valence-corrected chi connectivity index (χ0v) is 8.84. The molecule has 1 aromatic carbocycles. The van der Waals surface area contributed by atoms with Crippen LogP contribution in [0.2, 0.25) is 0 Å². The first kappa shape index (κ1) is 11.0. The highest BCUT2D eigenvalue weighted by atomic mass is 19.1. The Hall–Kier alpha value is -1.45. The van der Waals surface area contributed by atoms with E-state index in [9.17, 15) is 18.7 Å². The molecule has 4 heteroatoms. The van der Waals surface area contributed by atoms with E-state index >= 15 is 0 Å². The molecule has 2 nitrogen and oxygen atoms in total. The summed E-state index contributed by atoms with van der Waals surface area (Å²) in [5, 5.41) is 9.22. The van der Waals surface area contributed by atoms with Crippen LogP contribution in [0.25, 0.3) is 0 Å². The number of halogens is 2. The maximum Gasteiger partial charge on any atom is 0.314 e. The zero-order chi connectivity index (χ0) is 11.9. The Morgan fingerprint density at radius 3 is 2.56 bits per heavy atom. The number of rotatable bonds is 3. The van der Waals surface area contributed by atoms with E-state index in [1.165, 1.54) is 6.92 Å². The number of carboxylic acids is 1. The largest absolute Gasteiger partial charge is 0.481 e. The molecule has 0 bridgehead atoms. The number of aliphatic carboxylic acids is 1. The smallest absolute Gasteiger partial charge is 0.314 e. The molecule has 2 rings (SSSR count). The molecule has 1 N–H and O–H groups in total. The van der Waals surface area contributed by atoms with Crippen molar-refractivity contribution >= 4 is 5.97 Å². The molecule has 86 valence electrons. The van der Waals surface area contributed by atoms with Crippen molar-refractivity contribution in [2.45, 2.75) is 25.2 Å². The highest BCUT2D eigenvalue weighted by Gasteiger charge is 2.50. The third kappa shape index (κ3) is 1.58. The van der Waals surface area contributed by atoms with Crippen LogP contribution in [0.4, 0.5) is 8.78 Å². The van der Waals surface area contributed by atoms with Gasteiger partial charge in [0.2, 0.25) is 0 Å². The number of carbonyl (C=O) groups is 1. The molecule has 0 radical (unpaired) electrons. The van der Waals surface area contributed by atoms with Crippen LogP contribution < -0.4 is 0 Å². The summed E-state index contributed by atoms with van der Waals surface area (Å²) in [6.07, 6.45) is 1.50. The van der Waals surface area contributed by atoms with Gasteiger partial charge in [-0.05, 0) is 43.9 Å². The number of hydrogen-bond donors (Lipinski definition) is 1. The Morgan fingerprint density at radius 2 is 2.06 bits per heavy atom. The van der Waals surface area contributed by atoms with E-state index in [4.69, 9.17) is 0 Å². The number of hydrogen-bond acceptors (Lipinski definition) is 1. The van der Waals surface area contributed by atoms with Crippen LogP contribution in [0, 0.1) is 17.6 Å². The predicted octanol–water partition coefficient (Wildman–Crippen LogP) is 2.72. The van der Waals surface area contributed by atoms with Gasteiger partial charge < -0.3 is 5.11 Å². The molecule has 0 spiro atoms. The molecule has 1 aromatic rings. The van der Waals surface area contributed by atoms with Gasteiger partial charge in [-0.1, -0.05) is 0 Å². The highest BCUT2D eigenvalue weighted by Crippen LogP contribution is 2.48. The molecule has 1 aliphatic carbocycles. The van der Waals surface area contributed by atoms with Crippen molar-refractivity contribution in [2.24, 2.45) is 5.92 Å². The first-order valence-electron chi connectivity index (χ1n) is 5.15.